The van der Waals surface area contributed by atoms with Crippen molar-refractivity contribution in [3.63, 3.8) is 0 Å². The molecule has 0 saturated heterocycles. The largest absolute Gasteiger partial charge is 0.398 e. The average Bonchev–Trinajstić information content (AvgIpc) is 2.47. The second-order valence-electron chi connectivity index (χ2n) is 4.59. The van der Waals surface area contributed by atoms with Gasteiger partial charge >= 0.3 is 0 Å². The number of aromatic nitrogens is 1. The second-order valence-corrected chi connectivity index (χ2v) is 5.50. The van der Waals surface area contributed by atoms with Crippen molar-refractivity contribution in [3.8, 4) is 0 Å². The Morgan fingerprint density at radius 1 is 1.10 bits per heavy atom. The van der Waals surface area contributed by atoms with E-state index in [1.165, 1.54) is 5.56 Å². The molecule has 0 aliphatic heterocycles. The molecular weight excluding hydrogens is 314 g/mol. The highest BCUT2D eigenvalue weighted by molar-refractivity contribution is 9.10. The van der Waals surface area contributed by atoms with Crippen LogP contribution in [0.15, 0.2) is 59.2 Å². The van der Waals surface area contributed by atoms with Gasteiger partial charge < -0.3 is 11.1 Å². The summed E-state index contributed by atoms with van der Waals surface area (Å²) in [5.74, 6) is 0. The smallest absolute Gasteiger partial charge is 0.0953 e. The van der Waals surface area contributed by atoms with Crippen LogP contribution < -0.4 is 11.1 Å². The first-order valence-corrected chi connectivity index (χ1v) is 7.15. The van der Waals surface area contributed by atoms with Crippen LogP contribution in [0.1, 0.15) is 5.56 Å². The number of nitrogens with two attached hydrogens (primary N) is 1. The Morgan fingerprint density at radius 3 is 2.85 bits per heavy atom. The number of nitrogens with one attached hydrogen (secondary N) is 1. The van der Waals surface area contributed by atoms with Crippen molar-refractivity contribution in [1.29, 1.82) is 0 Å². The number of pyridine rings is 1. The van der Waals surface area contributed by atoms with E-state index in [1.54, 1.807) is 6.20 Å². The van der Waals surface area contributed by atoms with E-state index in [-0.39, 0.29) is 0 Å². The second kappa shape index (κ2) is 5.51. The van der Waals surface area contributed by atoms with E-state index in [1.807, 2.05) is 36.4 Å². The lowest BCUT2D eigenvalue weighted by molar-refractivity contribution is 1.15. The van der Waals surface area contributed by atoms with Crippen molar-refractivity contribution in [1.82, 2.24) is 4.98 Å². The van der Waals surface area contributed by atoms with Crippen LogP contribution in [0.3, 0.4) is 0 Å². The summed E-state index contributed by atoms with van der Waals surface area (Å²) in [4.78, 5) is 4.42. The Kier molecular flexibility index (Phi) is 3.56. The highest BCUT2D eigenvalue weighted by Crippen LogP contribution is 2.26. The first-order chi connectivity index (χ1) is 9.74. The first-order valence-electron chi connectivity index (χ1n) is 6.35. The minimum Gasteiger partial charge on any atom is -0.398 e. The molecule has 1 heterocycles. The molecule has 0 fully saturated rings. The number of fused-ring (bicyclic) bond motifs is 1. The third-order valence-corrected chi connectivity index (χ3v) is 3.67. The predicted molar refractivity (Wildman–Crippen MR) is 87.6 cm³/mol. The molecule has 0 bridgehead atoms. The van der Waals surface area contributed by atoms with E-state index in [4.69, 9.17) is 5.73 Å². The van der Waals surface area contributed by atoms with Crippen molar-refractivity contribution in [3.05, 3.63) is 64.8 Å². The summed E-state index contributed by atoms with van der Waals surface area (Å²) in [5.41, 5.74) is 9.84. The molecule has 3 rings (SSSR count). The quantitative estimate of drug-likeness (QED) is 0.709. The molecule has 3 N–H and O–H groups in total. The van der Waals surface area contributed by atoms with Crippen LogP contribution in [0.4, 0.5) is 11.4 Å². The van der Waals surface area contributed by atoms with Crippen molar-refractivity contribution < 1.29 is 0 Å². The summed E-state index contributed by atoms with van der Waals surface area (Å²) in [6.45, 7) is 0.745. The molecule has 0 unspecified atom stereocenters. The molecule has 20 heavy (non-hydrogen) atoms. The minimum atomic E-state index is 0.745. The van der Waals surface area contributed by atoms with Crippen molar-refractivity contribution in [2.75, 3.05) is 11.1 Å². The molecule has 3 aromatic rings. The van der Waals surface area contributed by atoms with Gasteiger partial charge in [-0.25, -0.2) is 0 Å². The van der Waals surface area contributed by atoms with Crippen LogP contribution in [0.2, 0.25) is 0 Å². The summed E-state index contributed by atoms with van der Waals surface area (Å²) in [6.07, 6.45) is 1.78. The maximum atomic E-state index is 5.98. The lowest BCUT2D eigenvalue weighted by Crippen LogP contribution is -2.01. The van der Waals surface area contributed by atoms with Gasteiger partial charge in [0.2, 0.25) is 0 Å². The van der Waals surface area contributed by atoms with Gasteiger partial charge in [0.05, 0.1) is 11.2 Å². The topological polar surface area (TPSA) is 50.9 Å². The summed E-state index contributed by atoms with van der Waals surface area (Å²) in [5, 5.41) is 4.40. The Morgan fingerprint density at radius 2 is 2.00 bits per heavy atom. The fraction of sp³-hybridized carbons (Fsp3) is 0.0625. The van der Waals surface area contributed by atoms with Crippen molar-refractivity contribution in [2.24, 2.45) is 0 Å². The fourth-order valence-corrected chi connectivity index (χ4v) is 2.63. The minimum absolute atomic E-state index is 0.745. The van der Waals surface area contributed by atoms with Crippen molar-refractivity contribution >= 4 is 38.2 Å². The number of nitrogen functional groups attached to an aromatic ring is 1. The van der Waals surface area contributed by atoms with E-state index in [9.17, 15) is 0 Å². The highest BCUT2D eigenvalue weighted by atomic mass is 79.9. The lowest BCUT2D eigenvalue weighted by atomic mass is 10.1. The molecule has 0 saturated carbocycles. The Bertz CT molecular complexity index is 756. The average molecular weight is 328 g/mol. The third kappa shape index (κ3) is 2.60. The molecule has 0 spiro atoms. The summed E-state index contributed by atoms with van der Waals surface area (Å²) >= 11 is 3.48. The maximum Gasteiger partial charge on any atom is 0.0953 e. The Labute approximate surface area is 126 Å². The first kappa shape index (κ1) is 12.9. The van der Waals surface area contributed by atoms with Gasteiger partial charge in [0.25, 0.3) is 0 Å². The third-order valence-electron chi connectivity index (χ3n) is 3.18. The molecule has 0 aliphatic carbocycles. The van der Waals surface area contributed by atoms with Gasteiger partial charge in [0, 0.05) is 28.3 Å². The van der Waals surface area contributed by atoms with Gasteiger partial charge in [0.15, 0.2) is 0 Å². The molecule has 0 amide bonds. The predicted octanol–water partition coefficient (Wildman–Crippen LogP) is 4.19. The highest BCUT2D eigenvalue weighted by Gasteiger charge is 2.04. The van der Waals surface area contributed by atoms with Gasteiger partial charge in [-0.15, -0.1) is 0 Å². The standard InChI is InChI=1S/C16H14BrN3/c17-12-4-1-3-11(9-12)10-20-15-7-6-14(18)13-5-2-8-19-16(13)15/h1-9,20H,10,18H2. The molecule has 1 aromatic heterocycles. The molecule has 0 atom stereocenters. The molecule has 4 heteroatoms. The molecule has 0 aliphatic rings. The molecule has 100 valence electrons. The Balaban J connectivity index is 1.90. The van der Waals surface area contributed by atoms with Crippen LogP contribution in [0.5, 0.6) is 0 Å². The van der Waals surface area contributed by atoms with E-state index < -0.39 is 0 Å². The monoisotopic (exact) mass is 327 g/mol. The van der Waals surface area contributed by atoms with Crippen LogP contribution in [0, 0.1) is 0 Å². The Hall–Kier alpha value is -2.07. The van der Waals surface area contributed by atoms with E-state index in [0.29, 0.717) is 0 Å². The number of hydrogen-bond donors (Lipinski definition) is 2. The van der Waals surface area contributed by atoms with Crippen molar-refractivity contribution in [2.45, 2.75) is 6.54 Å². The van der Waals surface area contributed by atoms with E-state index in [2.05, 4.69) is 38.4 Å². The lowest BCUT2D eigenvalue weighted by Gasteiger charge is -2.10. The van der Waals surface area contributed by atoms with Crippen LogP contribution in [-0.2, 0) is 6.54 Å². The van der Waals surface area contributed by atoms with Gasteiger partial charge in [-0.3, -0.25) is 4.98 Å². The molecule has 0 radical (unpaired) electrons. The fourth-order valence-electron chi connectivity index (χ4n) is 2.18. The zero-order valence-corrected chi connectivity index (χ0v) is 12.4. The number of benzene rings is 2. The van der Waals surface area contributed by atoms with Crippen LogP contribution in [0.25, 0.3) is 10.9 Å². The van der Waals surface area contributed by atoms with Crippen LogP contribution in [-0.4, -0.2) is 4.98 Å². The number of nitrogens with zero attached hydrogens (tertiary/aromatic N) is 1. The SMILES string of the molecule is Nc1ccc(NCc2cccc(Br)c2)c2ncccc12. The zero-order chi connectivity index (χ0) is 13.9. The number of halogens is 1. The maximum absolute atomic E-state index is 5.98. The number of hydrogen-bond acceptors (Lipinski definition) is 3. The van der Waals surface area contributed by atoms with Crippen LogP contribution >= 0.6 is 15.9 Å². The van der Waals surface area contributed by atoms with Gasteiger partial charge in [-0.1, -0.05) is 28.1 Å². The zero-order valence-electron chi connectivity index (χ0n) is 10.8. The molecule has 2 aromatic carbocycles. The van der Waals surface area contributed by atoms with E-state index >= 15 is 0 Å². The van der Waals surface area contributed by atoms with E-state index in [0.717, 1.165) is 33.3 Å². The molecular formula is C16H14BrN3. The number of rotatable bonds is 3. The summed E-state index contributed by atoms with van der Waals surface area (Å²) in [7, 11) is 0. The van der Waals surface area contributed by atoms with Gasteiger partial charge in [0.1, 0.15) is 0 Å². The number of anilines is 2. The van der Waals surface area contributed by atoms with Gasteiger partial charge in [-0.2, -0.15) is 0 Å². The normalized spacial score (nSPS) is 10.7. The van der Waals surface area contributed by atoms with Gasteiger partial charge in [-0.05, 0) is 42.0 Å². The summed E-state index contributed by atoms with van der Waals surface area (Å²) < 4.78 is 1.08. The molecule has 3 nitrogen and oxygen atoms in total. The summed E-state index contributed by atoms with van der Waals surface area (Å²) in [6, 6.07) is 16.0.